The lowest BCUT2D eigenvalue weighted by Crippen LogP contribution is -2.33. The summed E-state index contributed by atoms with van der Waals surface area (Å²) in [7, 11) is 0. The first kappa shape index (κ1) is 9.36. The fraction of sp³-hybridized carbons (Fsp3) is 0.889. The van der Waals surface area contributed by atoms with E-state index in [0.717, 1.165) is 19.6 Å². The molecule has 2 amide bonds. The van der Waals surface area contributed by atoms with Crippen molar-refractivity contribution in [2.24, 2.45) is 11.8 Å². The number of rotatable bonds is 3. The summed E-state index contributed by atoms with van der Waals surface area (Å²) >= 11 is 0. The molecule has 0 saturated carbocycles. The highest BCUT2D eigenvalue weighted by molar-refractivity contribution is 5.76. The normalized spacial score (nSPS) is 20.0. The summed E-state index contributed by atoms with van der Waals surface area (Å²) in [5, 5.41) is 2.80. The first-order valence-electron chi connectivity index (χ1n) is 4.64. The third kappa shape index (κ3) is 2.13. The number of hydrogen-bond donors (Lipinski definition) is 1. The van der Waals surface area contributed by atoms with Crippen LogP contribution in [0.4, 0.5) is 4.79 Å². The van der Waals surface area contributed by atoms with Crippen LogP contribution in [-0.4, -0.2) is 30.6 Å². The Morgan fingerprint density at radius 2 is 2.17 bits per heavy atom. The lowest BCUT2D eigenvalue weighted by Gasteiger charge is -2.22. The molecule has 0 aromatic heterocycles. The van der Waals surface area contributed by atoms with Gasteiger partial charge in [0.2, 0.25) is 0 Å². The maximum absolute atomic E-state index is 11.1. The van der Waals surface area contributed by atoms with E-state index in [0.29, 0.717) is 11.8 Å². The molecule has 0 radical (unpaired) electrons. The molecule has 0 aromatic rings. The molecule has 1 rings (SSSR count). The van der Waals surface area contributed by atoms with E-state index in [1.54, 1.807) is 0 Å². The fourth-order valence-electron chi connectivity index (χ4n) is 1.24. The smallest absolute Gasteiger partial charge is 0.317 e. The van der Waals surface area contributed by atoms with Crippen LogP contribution in [0, 0.1) is 11.8 Å². The molecule has 0 bridgehead atoms. The molecule has 70 valence electrons. The summed E-state index contributed by atoms with van der Waals surface area (Å²) in [6, 6.07) is 0.0995. The van der Waals surface area contributed by atoms with Crippen LogP contribution in [0.15, 0.2) is 0 Å². The molecule has 0 aliphatic carbocycles. The molecule has 0 aromatic carbocycles. The monoisotopic (exact) mass is 170 g/mol. The van der Waals surface area contributed by atoms with Gasteiger partial charge in [-0.3, -0.25) is 0 Å². The molecule has 0 spiro atoms. The van der Waals surface area contributed by atoms with Crippen LogP contribution >= 0.6 is 0 Å². The molecule has 3 heteroatoms. The van der Waals surface area contributed by atoms with E-state index in [-0.39, 0.29) is 6.03 Å². The van der Waals surface area contributed by atoms with Crippen LogP contribution < -0.4 is 5.32 Å². The lowest BCUT2D eigenvalue weighted by molar-refractivity contribution is 0.203. The van der Waals surface area contributed by atoms with Crippen LogP contribution in [0.3, 0.4) is 0 Å². The van der Waals surface area contributed by atoms with Gasteiger partial charge < -0.3 is 10.2 Å². The summed E-state index contributed by atoms with van der Waals surface area (Å²) < 4.78 is 0. The molecule has 12 heavy (non-hydrogen) atoms. The fourth-order valence-corrected chi connectivity index (χ4v) is 1.24. The second kappa shape index (κ2) is 3.78. The Kier molecular flexibility index (Phi) is 2.95. The Hall–Kier alpha value is -0.730. The van der Waals surface area contributed by atoms with E-state index in [9.17, 15) is 4.79 Å². The largest absolute Gasteiger partial charge is 0.336 e. The highest BCUT2D eigenvalue weighted by Crippen LogP contribution is 2.12. The average Bonchev–Trinajstić information content (AvgIpc) is 2.36. The second-order valence-electron chi connectivity index (χ2n) is 3.90. The van der Waals surface area contributed by atoms with Crippen LogP contribution in [0.5, 0.6) is 0 Å². The van der Waals surface area contributed by atoms with Gasteiger partial charge in [-0.25, -0.2) is 4.79 Å². The molecular formula is C9H18N2O. The summed E-state index contributed by atoms with van der Waals surface area (Å²) in [4.78, 5) is 13.0. The van der Waals surface area contributed by atoms with Crippen molar-refractivity contribution in [2.45, 2.75) is 20.8 Å². The minimum absolute atomic E-state index is 0.0995. The Morgan fingerprint density at radius 3 is 2.58 bits per heavy atom. The van der Waals surface area contributed by atoms with Gasteiger partial charge in [0.05, 0.1) is 0 Å². The van der Waals surface area contributed by atoms with E-state index in [1.165, 1.54) is 0 Å². The maximum atomic E-state index is 11.1. The van der Waals surface area contributed by atoms with Crippen molar-refractivity contribution in [2.75, 3.05) is 19.6 Å². The summed E-state index contributed by atoms with van der Waals surface area (Å²) in [5.41, 5.74) is 0. The van der Waals surface area contributed by atoms with Gasteiger partial charge in [-0.05, 0) is 11.8 Å². The quantitative estimate of drug-likeness (QED) is 0.680. The number of amides is 2. The molecule has 1 aliphatic rings. The number of urea groups is 1. The van der Waals surface area contributed by atoms with Crippen molar-refractivity contribution in [3.05, 3.63) is 0 Å². The molecule has 1 aliphatic heterocycles. The predicted octanol–water partition coefficient (Wildman–Crippen LogP) is 1.30. The van der Waals surface area contributed by atoms with Gasteiger partial charge in [-0.2, -0.15) is 0 Å². The van der Waals surface area contributed by atoms with Crippen molar-refractivity contribution >= 4 is 6.03 Å². The predicted molar refractivity (Wildman–Crippen MR) is 49.0 cm³/mol. The van der Waals surface area contributed by atoms with Gasteiger partial charge in [-0.1, -0.05) is 20.8 Å². The van der Waals surface area contributed by atoms with Gasteiger partial charge in [0.1, 0.15) is 0 Å². The third-order valence-electron chi connectivity index (χ3n) is 2.59. The highest BCUT2D eigenvalue weighted by Gasteiger charge is 2.21. The molecule has 1 unspecified atom stereocenters. The number of carbonyl (C=O) groups excluding carboxylic acids is 1. The first-order chi connectivity index (χ1) is 5.61. The van der Waals surface area contributed by atoms with Gasteiger partial charge >= 0.3 is 6.03 Å². The molecule has 1 fully saturated rings. The molecule has 1 N–H and O–H groups in total. The number of nitrogens with one attached hydrogen (secondary N) is 1. The first-order valence-corrected chi connectivity index (χ1v) is 4.64. The van der Waals surface area contributed by atoms with Gasteiger partial charge in [0.25, 0.3) is 0 Å². The number of nitrogens with zero attached hydrogens (tertiary/aromatic N) is 1. The minimum Gasteiger partial charge on any atom is -0.336 e. The molecule has 1 heterocycles. The topological polar surface area (TPSA) is 32.3 Å². The molecule has 1 saturated heterocycles. The standard InChI is InChI=1S/C9H18N2O/c1-7(2)8(3)6-11-5-4-10-9(11)12/h7-8H,4-6H2,1-3H3,(H,10,12). The minimum atomic E-state index is 0.0995. The average molecular weight is 170 g/mol. The van der Waals surface area contributed by atoms with Crippen LogP contribution in [0.1, 0.15) is 20.8 Å². The zero-order valence-electron chi connectivity index (χ0n) is 8.13. The summed E-state index contributed by atoms with van der Waals surface area (Å²) in [5.74, 6) is 1.24. The van der Waals surface area contributed by atoms with Crippen molar-refractivity contribution in [3.63, 3.8) is 0 Å². The van der Waals surface area contributed by atoms with Gasteiger partial charge in [0.15, 0.2) is 0 Å². The Morgan fingerprint density at radius 1 is 1.50 bits per heavy atom. The van der Waals surface area contributed by atoms with Crippen molar-refractivity contribution in [1.82, 2.24) is 10.2 Å². The molecular weight excluding hydrogens is 152 g/mol. The summed E-state index contributed by atoms with van der Waals surface area (Å²) in [6.07, 6.45) is 0. The van der Waals surface area contributed by atoms with E-state index < -0.39 is 0 Å². The maximum Gasteiger partial charge on any atom is 0.317 e. The Bertz CT molecular complexity index is 168. The SMILES string of the molecule is CC(C)C(C)CN1CCNC1=O. The number of carbonyl (C=O) groups is 1. The van der Waals surface area contributed by atoms with E-state index in [2.05, 4.69) is 26.1 Å². The third-order valence-corrected chi connectivity index (χ3v) is 2.59. The van der Waals surface area contributed by atoms with E-state index in [1.807, 2.05) is 4.90 Å². The zero-order chi connectivity index (χ0) is 9.14. The van der Waals surface area contributed by atoms with Crippen LogP contribution in [0.2, 0.25) is 0 Å². The van der Waals surface area contributed by atoms with Crippen LogP contribution in [0.25, 0.3) is 0 Å². The van der Waals surface area contributed by atoms with Gasteiger partial charge in [0, 0.05) is 19.6 Å². The van der Waals surface area contributed by atoms with Crippen molar-refractivity contribution < 1.29 is 4.79 Å². The van der Waals surface area contributed by atoms with E-state index in [4.69, 9.17) is 0 Å². The van der Waals surface area contributed by atoms with E-state index >= 15 is 0 Å². The highest BCUT2D eigenvalue weighted by atomic mass is 16.2. The molecule has 1 atom stereocenters. The van der Waals surface area contributed by atoms with Crippen molar-refractivity contribution in [1.29, 1.82) is 0 Å². The Labute approximate surface area is 74.1 Å². The summed E-state index contributed by atoms with van der Waals surface area (Å²) in [6.45, 7) is 9.15. The van der Waals surface area contributed by atoms with Crippen LogP contribution in [-0.2, 0) is 0 Å². The number of hydrogen-bond acceptors (Lipinski definition) is 1. The second-order valence-corrected chi connectivity index (χ2v) is 3.90. The van der Waals surface area contributed by atoms with Crippen molar-refractivity contribution in [3.8, 4) is 0 Å². The van der Waals surface area contributed by atoms with Gasteiger partial charge in [-0.15, -0.1) is 0 Å². The lowest BCUT2D eigenvalue weighted by atomic mass is 9.98. The zero-order valence-corrected chi connectivity index (χ0v) is 8.13. The molecule has 3 nitrogen and oxygen atoms in total. The Balaban J connectivity index is 2.35.